The lowest BCUT2D eigenvalue weighted by Gasteiger charge is -2.16. The van der Waals surface area contributed by atoms with Crippen LogP contribution in [0.2, 0.25) is 0 Å². The average Bonchev–Trinajstić information content (AvgIpc) is 2.21. The van der Waals surface area contributed by atoms with E-state index in [-0.39, 0.29) is 11.9 Å². The highest BCUT2D eigenvalue weighted by Gasteiger charge is 2.12. The summed E-state index contributed by atoms with van der Waals surface area (Å²) in [7, 11) is 2.88. The Labute approximate surface area is 98.7 Å². The topological polar surface area (TPSA) is 89.2 Å². The zero-order chi connectivity index (χ0) is 13.2. The Morgan fingerprint density at radius 3 is 2.47 bits per heavy atom. The molecule has 0 saturated carbocycles. The summed E-state index contributed by atoms with van der Waals surface area (Å²) in [5.74, 6) is 0.114. The van der Waals surface area contributed by atoms with Crippen LogP contribution in [0, 0.1) is 0 Å². The SMILES string of the molecule is CC(O)CC(C)Nc1nn(C)c(=O)n(C)c1=O. The van der Waals surface area contributed by atoms with E-state index in [1.165, 1.54) is 14.1 Å². The van der Waals surface area contributed by atoms with Crippen LogP contribution in [0.1, 0.15) is 20.3 Å². The van der Waals surface area contributed by atoms with E-state index in [2.05, 4.69) is 10.4 Å². The lowest BCUT2D eigenvalue weighted by molar-refractivity contribution is 0.179. The third kappa shape index (κ3) is 3.16. The first kappa shape index (κ1) is 13.4. The van der Waals surface area contributed by atoms with Crippen LogP contribution in [-0.2, 0) is 14.1 Å². The van der Waals surface area contributed by atoms with E-state index in [1.54, 1.807) is 6.92 Å². The second kappa shape index (κ2) is 5.13. The second-order valence-corrected chi connectivity index (χ2v) is 4.25. The van der Waals surface area contributed by atoms with Gasteiger partial charge in [0.05, 0.1) is 6.10 Å². The molecule has 1 aromatic heterocycles. The van der Waals surface area contributed by atoms with Gasteiger partial charge in [-0.2, -0.15) is 0 Å². The van der Waals surface area contributed by atoms with E-state index in [9.17, 15) is 14.7 Å². The number of rotatable bonds is 4. The molecule has 1 rings (SSSR count). The summed E-state index contributed by atoms with van der Waals surface area (Å²) >= 11 is 0. The highest BCUT2D eigenvalue weighted by molar-refractivity contribution is 5.30. The van der Waals surface area contributed by atoms with Crippen molar-refractivity contribution in [3.63, 3.8) is 0 Å². The number of aryl methyl sites for hydroxylation is 1. The molecule has 96 valence electrons. The predicted molar refractivity (Wildman–Crippen MR) is 64.1 cm³/mol. The van der Waals surface area contributed by atoms with Crippen LogP contribution in [0.25, 0.3) is 0 Å². The Kier molecular flexibility index (Phi) is 4.06. The average molecular weight is 242 g/mol. The van der Waals surface area contributed by atoms with E-state index in [0.717, 1.165) is 9.25 Å². The maximum atomic E-state index is 11.7. The Balaban J connectivity index is 3.01. The zero-order valence-electron chi connectivity index (χ0n) is 10.5. The highest BCUT2D eigenvalue weighted by atomic mass is 16.3. The molecular weight excluding hydrogens is 224 g/mol. The molecule has 17 heavy (non-hydrogen) atoms. The Morgan fingerprint density at radius 1 is 1.35 bits per heavy atom. The van der Waals surface area contributed by atoms with Gasteiger partial charge in [-0.25, -0.2) is 9.48 Å². The smallest absolute Gasteiger partial charge is 0.346 e. The number of aromatic nitrogens is 3. The van der Waals surface area contributed by atoms with Gasteiger partial charge in [-0.1, -0.05) is 0 Å². The molecule has 0 aromatic carbocycles. The van der Waals surface area contributed by atoms with Crippen LogP contribution < -0.4 is 16.6 Å². The summed E-state index contributed by atoms with van der Waals surface area (Å²) in [6.45, 7) is 3.50. The van der Waals surface area contributed by atoms with E-state index in [0.29, 0.717) is 6.42 Å². The molecule has 0 aliphatic heterocycles. The summed E-state index contributed by atoms with van der Waals surface area (Å²) in [5.41, 5.74) is -0.936. The van der Waals surface area contributed by atoms with Crippen LogP contribution in [0.15, 0.2) is 9.59 Å². The van der Waals surface area contributed by atoms with Crippen LogP contribution in [0.4, 0.5) is 5.82 Å². The largest absolute Gasteiger partial charge is 0.393 e. The van der Waals surface area contributed by atoms with E-state index < -0.39 is 17.4 Å². The first-order chi connectivity index (χ1) is 7.82. The molecule has 0 bridgehead atoms. The van der Waals surface area contributed by atoms with Gasteiger partial charge in [0, 0.05) is 20.1 Å². The summed E-state index contributed by atoms with van der Waals surface area (Å²) in [4.78, 5) is 23.1. The van der Waals surface area contributed by atoms with Gasteiger partial charge in [0.15, 0.2) is 0 Å². The number of hydrogen-bond acceptors (Lipinski definition) is 5. The van der Waals surface area contributed by atoms with Crippen molar-refractivity contribution in [3.8, 4) is 0 Å². The van der Waals surface area contributed by atoms with Gasteiger partial charge >= 0.3 is 5.69 Å². The normalized spacial score (nSPS) is 14.4. The molecule has 2 N–H and O–H groups in total. The molecule has 0 aliphatic rings. The molecule has 0 saturated heterocycles. The Morgan fingerprint density at radius 2 is 1.94 bits per heavy atom. The minimum absolute atomic E-state index is 0.104. The second-order valence-electron chi connectivity index (χ2n) is 4.25. The molecule has 0 amide bonds. The molecule has 7 nitrogen and oxygen atoms in total. The maximum absolute atomic E-state index is 11.7. The number of anilines is 1. The molecule has 0 radical (unpaired) electrons. The van der Waals surface area contributed by atoms with Gasteiger partial charge in [-0.05, 0) is 20.3 Å². The summed E-state index contributed by atoms with van der Waals surface area (Å²) in [6.07, 6.45) is 0.0297. The van der Waals surface area contributed by atoms with Crippen molar-refractivity contribution < 1.29 is 5.11 Å². The zero-order valence-corrected chi connectivity index (χ0v) is 10.5. The van der Waals surface area contributed by atoms with Crippen molar-refractivity contribution >= 4 is 5.82 Å². The minimum atomic E-state index is -0.469. The number of aliphatic hydroxyl groups is 1. The number of nitrogens with one attached hydrogen (secondary N) is 1. The van der Waals surface area contributed by atoms with Gasteiger partial charge in [0.25, 0.3) is 5.56 Å². The first-order valence-corrected chi connectivity index (χ1v) is 5.42. The van der Waals surface area contributed by atoms with Crippen LogP contribution in [-0.4, -0.2) is 31.6 Å². The molecule has 2 unspecified atom stereocenters. The third-order valence-corrected chi connectivity index (χ3v) is 2.40. The molecular formula is C10H18N4O3. The molecule has 2 atom stereocenters. The number of hydrogen-bond donors (Lipinski definition) is 2. The molecule has 1 heterocycles. The molecule has 0 aliphatic carbocycles. The standard InChI is InChI=1S/C10H18N4O3/c1-6(5-7(2)15)11-8-9(16)13(3)10(17)14(4)12-8/h6-7,15H,5H2,1-4H3,(H,11,12). The van der Waals surface area contributed by atoms with Crippen LogP contribution in [0.3, 0.4) is 0 Å². The van der Waals surface area contributed by atoms with Gasteiger partial charge < -0.3 is 10.4 Å². The molecule has 1 aromatic rings. The highest BCUT2D eigenvalue weighted by Crippen LogP contribution is 2.02. The summed E-state index contributed by atoms with van der Waals surface area (Å²) < 4.78 is 2.09. The fourth-order valence-electron chi connectivity index (χ4n) is 1.59. The summed E-state index contributed by atoms with van der Waals surface area (Å²) in [6, 6.07) is -0.104. The van der Waals surface area contributed by atoms with Crippen molar-refractivity contribution in [2.75, 3.05) is 5.32 Å². The first-order valence-electron chi connectivity index (χ1n) is 5.42. The van der Waals surface area contributed by atoms with Gasteiger partial charge in [0.1, 0.15) is 0 Å². The third-order valence-electron chi connectivity index (χ3n) is 2.40. The molecule has 7 heteroatoms. The number of nitrogens with zero attached hydrogens (tertiary/aromatic N) is 3. The minimum Gasteiger partial charge on any atom is -0.393 e. The van der Waals surface area contributed by atoms with E-state index in [4.69, 9.17) is 0 Å². The van der Waals surface area contributed by atoms with Crippen molar-refractivity contribution in [1.29, 1.82) is 0 Å². The van der Waals surface area contributed by atoms with Gasteiger partial charge in [-0.15, -0.1) is 5.10 Å². The maximum Gasteiger partial charge on any atom is 0.346 e. The van der Waals surface area contributed by atoms with Crippen molar-refractivity contribution in [2.24, 2.45) is 14.1 Å². The Hall–Kier alpha value is -1.63. The van der Waals surface area contributed by atoms with Gasteiger partial charge in [-0.3, -0.25) is 9.36 Å². The quantitative estimate of drug-likeness (QED) is 0.710. The Bertz CT molecular complexity index is 503. The van der Waals surface area contributed by atoms with Crippen LogP contribution in [0.5, 0.6) is 0 Å². The molecule has 0 fully saturated rings. The van der Waals surface area contributed by atoms with E-state index in [1.807, 2.05) is 6.92 Å². The van der Waals surface area contributed by atoms with Crippen LogP contribution >= 0.6 is 0 Å². The molecule has 0 spiro atoms. The predicted octanol–water partition coefficient (Wildman–Crippen LogP) is -0.950. The van der Waals surface area contributed by atoms with Crippen molar-refractivity contribution in [2.45, 2.75) is 32.4 Å². The monoisotopic (exact) mass is 242 g/mol. The lowest BCUT2D eigenvalue weighted by atomic mass is 10.1. The van der Waals surface area contributed by atoms with Crippen molar-refractivity contribution in [3.05, 3.63) is 20.8 Å². The number of aliphatic hydroxyl groups excluding tert-OH is 1. The van der Waals surface area contributed by atoms with E-state index >= 15 is 0 Å². The van der Waals surface area contributed by atoms with Crippen molar-refractivity contribution in [1.82, 2.24) is 14.3 Å². The fraction of sp³-hybridized carbons (Fsp3) is 0.700. The summed E-state index contributed by atoms with van der Waals surface area (Å²) in [5, 5.41) is 16.0. The van der Waals surface area contributed by atoms with Gasteiger partial charge in [0.2, 0.25) is 5.82 Å². The fourth-order valence-corrected chi connectivity index (χ4v) is 1.59. The lowest BCUT2D eigenvalue weighted by Crippen LogP contribution is -2.41.